The average Bonchev–Trinajstić information content (AvgIpc) is 2.62. The summed E-state index contributed by atoms with van der Waals surface area (Å²) >= 11 is 0. The van der Waals surface area contributed by atoms with Gasteiger partial charge in [-0.2, -0.15) is 0 Å². The number of fused-ring (bicyclic) bond motifs is 1. The third-order valence-electron chi connectivity index (χ3n) is 4.94. The van der Waals surface area contributed by atoms with Crippen LogP contribution >= 0.6 is 0 Å². The van der Waals surface area contributed by atoms with Crippen LogP contribution in [0.1, 0.15) is 24.0 Å². The molecule has 0 spiro atoms. The van der Waals surface area contributed by atoms with Crippen molar-refractivity contribution in [2.45, 2.75) is 26.2 Å². The van der Waals surface area contributed by atoms with Crippen molar-refractivity contribution in [1.82, 2.24) is 15.3 Å². The standard InChI is InChI=1S/C21H24N4/c1-15-4-9-23-20(10-15)25-21-13-19-12-17(2-3-18(19)14-24-21)11-16-5-7-22-8-6-16/h2-4,9-10,12-14,16,22H,5-8,11H2,1H3,(H,23,24,25). The van der Waals surface area contributed by atoms with Crippen LogP contribution in [0.3, 0.4) is 0 Å². The Bertz CT molecular complexity index is 869. The van der Waals surface area contributed by atoms with Crippen LogP contribution in [0.4, 0.5) is 11.6 Å². The maximum absolute atomic E-state index is 4.52. The number of anilines is 2. The lowest BCUT2D eigenvalue weighted by molar-refractivity contribution is 0.373. The topological polar surface area (TPSA) is 49.8 Å². The second-order valence-corrected chi connectivity index (χ2v) is 6.99. The van der Waals surface area contributed by atoms with E-state index in [4.69, 9.17) is 0 Å². The Morgan fingerprint density at radius 3 is 2.68 bits per heavy atom. The largest absolute Gasteiger partial charge is 0.325 e. The van der Waals surface area contributed by atoms with E-state index in [-0.39, 0.29) is 0 Å². The molecule has 0 radical (unpaired) electrons. The number of hydrogen-bond acceptors (Lipinski definition) is 4. The van der Waals surface area contributed by atoms with Crippen molar-refractivity contribution in [3.63, 3.8) is 0 Å². The summed E-state index contributed by atoms with van der Waals surface area (Å²) in [5.41, 5.74) is 2.60. The SMILES string of the molecule is Cc1ccnc(Nc2cc3cc(CC4CCNCC4)ccc3cn2)c1. The maximum atomic E-state index is 4.52. The third-order valence-corrected chi connectivity index (χ3v) is 4.94. The number of nitrogens with zero attached hydrogens (tertiary/aromatic N) is 2. The Hall–Kier alpha value is -2.46. The number of nitrogens with one attached hydrogen (secondary N) is 2. The minimum atomic E-state index is 0.801. The van der Waals surface area contributed by atoms with Crippen molar-refractivity contribution in [3.05, 3.63) is 59.9 Å². The monoisotopic (exact) mass is 332 g/mol. The van der Waals surface area contributed by atoms with Crippen LogP contribution in [0.25, 0.3) is 10.8 Å². The van der Waals surface area contributed by atoms with E-state index in [0.29, 0.717) is 0 Å². The van der Waals surface area contributed by atoms with Crippen LogP contribution in [0.2, 0.25) is 0 Å². The van der Waals surface area contributed by atoms with Crippen molar-refractivity contribution in [1.29, 1.82) is 0 Å². The summed E-state index contributed by atoms with van der Waals surface area (Å²) in [5, 5.41) is 9.16. The summed E-state index contributed by atoms with van der Waals surface area (Å²) in [6.07, 6.45) is 7.47. The van der Waals surface area contributed by atoms with Crippen LogP contribution in [-0.2, 0) is 6.42 Å². The van der Waals surface area contributed by atoms with Gasteiger partial charge in [0.05, 0.1) is 0 Å². The highest BCUT2D eigenvalue weighted by Gasteiger charge is 2.13. The third kappa shape index (κ3) is 3.97. The molecule has 2 N–H and O–H groups in total. The van der Waals surface area contributed by atoms with E-state index in [9.17, 15) is 0 Å². The Labute approximate surface area is 148 Å². The van der Waals surface area contributed by atoms with Gasteiger partial charge >= 0.3 is 0 Å². The molecule has 0 saturated carbocycles. The van der Waals surface area contributed by atoms with E-state index in [1.807, 2.05) is 24.5 Å². The van der Waals surface area contributed by atoms with Crippen molar-refractivity contribution in [2.24, 2.45) is 5.92 Å². The predicted octanol–water partition coefficient (Wildman–Crippen LogP) is 4.22. The molecule has 128 valence electrons. The summed E-state index contributed by atoms with van der Waals surface area (Å²) in [7, 11) is 0. The summed E-state index contributed by atoms with van der Waals surface area (Å²) < 4.78 is 0. The molecular weight excluding hydrogens is 308 g/mol. The van der Waals surface area contributed by atoms with E-state index in [0.717, 1.165) is 30.6 Å². The van der Waals surface area contributed by atoms with Gasteiger partial charge in [0.15, 0.2) is 0 Å². The Balaban J connectivity index is 1.55. The molecule has 1 fully saturated rings. The molecule has 1 aliphatic heterocycles. The summed E-state index contributed by atoms with van der Waals surface area (Å²) in [6.45, 7) is 4.37. The van der Waals surface area contributed by atoms with Crippen LogP contribution in [0, 0.1) is 12.8 Å². The van der Waals surface area contributed by atoms with Crippen LogP contribution in [-0.4, -0.2) is 23.1 Å². The van der Waals surface area contributed by atoms with E-state index >= 15 is 0 Å². The number of hydrogen-bond donors (Lipinski definition) is 2. The average molecular weight is 332 g/mol. The van der Waals surface area contributed by atoms with Gasteiger partial charge in [-0.15, -0.1) is 0 Å². The fourth-order valence-corrected chi connectivity index (χ4v) is 3.54. The zero-order valence-corrected chi connectivity index (χ0v) is 14.6. The van der Waals surface area contributed by atoms with Crippen LogP contribution < -0.4 is 10.6 Å². The Kier molecular flexibility index (Phi) is 4.61. The molecular formula is C21H24N4. The minimum absolute atomic E-state index is 0.801. The number of pyridine rings is 2. The highest BCUT2D eigenvalue weighted by atomic mass is 15.0. The smallest absolute Gasteiger partial charge is 0.132 e. The number of aromatic nitrogens is 2. The first-order valence-corrected chi connectivity index (χ1v) is 9.05. The van der Waals surface area contributed by atoms with Crippen LogP contribution in [0.5, 0.6) is 0 Å². The summed E-state index contributed by atoms with van der Waals surface area (Å²) in [5.74, 6) is 2.47. The lowest BCUT2D eigenvalue weighted by Crippen LogP contribution is -2.28. The van der Waals surface area contributed by atoms with Gasteiger partial charge in [0.2, 0.25) is 0 Å². The first kappa shape index (κ1) is 16.0. The molecule has 1 aromatic carbocycles. The molecule has 0 unspecified atom stereocenters. The quantitative estimate of drug-likeness (QED) is 0.751. The lowest BCUT2D eigenvalue weighted by Gasteiger charge is -2.22. The number of rotatable bonds is 4. The molecule has 1 aliphatic rings. The van der Waals surface area contributed by atoms with E-state index in [2.05, 4.69) is 51.8 Å². The zero-order chi connectivity index (χ0) is 17.1. The van der Waals surface area contributed by atoms with Crippen LogP contribution in [0.15, 0.2) is 48.8 Å². The fraction of sp³-hybridized carbons (Fsp3) is 0.333. The summed E-state index contributed by atoms with van der Waals surface area (Å²) in [4.78, 5) is 8.87. The molecule has 0 bridgehead atoms. The second kappa shape index (κ2) is 7.19. The van der Waals surface area contributed by atoms with E-state index in [1.165, 1.54) is 41.2 Å². The van der Waals surface area contributed by atoms with Gasteiger partial charge in [-0.3, -0.25) is 0 Å². The van der Waals surface area contributed by atoms with E-state index in [1.54, 1.807) is 0 Å². The number of aryl methyl sites for hydroxylation is 1. The van der Waals surface area contributed by atoms with Crippen molar-refractivity contribution >= 4 is 22.4 Å². The molecule has 4 heteroatoms. The molecule has 3 aromatic rings. The lowest BCUT2D eigenvalue weighted by atomic mass is 9.90. The van der Waals surface area contributed by atoms with Gasteiger partial charge in [-0.05, 0) is 79.9 Å². The molecule has 0 aliphatic carbocycles. The minimum Gasteiger partial charge on any atom is -0.325 e. The molecule has 0 amide bonds. The summed E-state index contributed by atoms with van der Waals surface area (Å²) in [6, 6.07) is 12.9. The molecule has 4 rings (SSSR count). The zero-order valence-electron chi connectivity index (χ0n) is 14.6. The van der Waals surface area contributed by atoms with E-state index < -0.39 is 0 Å². The van der Waals surface area contributed by atoms with Gasteiger partial charge in [0.25, 0.3) is 0 Å². The van der Waals surface area contributed by atoms with Gasteiger partial charge < -0.3 is 10.6 Å². The van der Waals surface area contributed by atoms with Crippen molar-refractivity contribution < 1.29 is 0 Å². The molecule has 3 heterocycles. The van der Waals surface area contributed by atoms with Gasteiger partial charge in [0.1, 0.15) is 11.6 Å². The molecule has 2 aromatic heterocycles. The second-order valence-electron chi connectivity index (χ2n) is 6.99. The highest BCUT2D eigenvalue weighted by Crippen LogP contribution is 2.24. The fourth-order valence-electron chi connectivity index (χ4n) is 3.54. The van der Waals surface area contributed by atoms with Gasteiger partial charge in [0, 0.05) is 17.8 Å². The van der Waals surface area contributed by atoms with Crippen molar-refractivity contribution in [3.8, 4) is 0 Å². The first-order chi connectivity index (χ1) is 12.3. The molecule has 4 nitrogen and oxygen atoms in total. The normalized spacial score (nSPS) is 15.4. The van der Waals surface area contributed by atoms with Gasteiger partial charge in [-0.1, -0.05) is 18.2 Å². The molecule has 25 heavy (non-hydrogen) atoms. The molecule has 0 atom stereocenters. The number of piperidine rings is 1. The number of benzene rings is 1. The Morgan fingerprint density at radius 1 is 1.00 bits per heavy atom. The maximum Gasteiger partial charge on any atom is 0.132 e. The first-order valence-electron chi connectivity index (χ1n) is 9.05. The highest BCUT2D eigenvalue weighted by molar-refractivity contribution is 5.85. The predicted molar refractivity (Wildman–Crippen MR) is 103 cm³/mol. The Morgan fingerprint density at radius 2 is 1.84 bits per heavy atom. The van der Waals surface area contributed by atoms with Crippen molar-refractivity contribution in [2.75, 3.05) is 18.4 Å². The molecule has 1 saturated heterocycles. The van der Waals surface area contributed by atoms with Gasteiger partial charge in [-0.25, -0.2) is 9.97 Å².